The SMILES string of the molecule is O=C(Nc1cc(Cl)ccc1N1CCCCC1)[C@H]1COc2ccccc2O1. The number of nitrogens with one attached hydrogen (secondary N) is 1. The Morgan fingerprint density at radius 3 is 2.65 bits per heavy atom. The third kappa shape index (κ3) is 3.58. The van der Waals surface area contributed by atoms with Gasteiger partial charge in [-0.25, -0.2) is 0 Å². The number of rotatable bonds is 3. The minimum Gasteiger partial charge on any atom is -0.485 e. The summed E-state index contributed by atoms with van der Waals surface area (Å²) >= 11 is 6.17. The third-order valence-corrected chi connectivity index (χ3v) is 4.95. The maximum atomic E-state index is 12.7. The maximum Gasteiger partial charge on any atom is 0.269 e. The zero-order chi connectivity index (χ0) is 17.9. The van der Waals surface area contributed by atoms with Gasteiger partial charge in [-0.1, -0.05) is 23.7 Å². The van der Waals surface area contributed by atoms with Gasteiger partial charge in [-0.2, -0.15) is 0 Å². The van der Waals surface area contributed by atoms with Crippen LogP contribution in [-0.2, 0) is 4.79 Å². The Hall–Kier alpha value is -2.40. The fourth-order valence-electron chi connectivity index (χ4n) is 3.38. The minimum atomic E-state index is -0.696. The molecular formula is C20H21ClN2O3. The van der Waals surface area contributed by atoms with Crippen LogP contribution in [0.5, 0.6) is 11.5 Å². The number of fused-ring (bicyclic) bond motifs is 1. The third-order valence-electron chi connectivity index (χ3n) is 4.71. The van der Waals surface area contributed by atoms with Crippen LogP contribution in [0.1, 0.15) is 19.3 Å². The summed E-state index contributed by atoms with van der Waals surface area (Å²) in [5.74, 6) is 1.01. The van der Waals surface area contributed by atoms with Gasteiger partial charge in [0.05, 0.1) is 11.4 Å². The summed E-state index contributed by atoms with van der Waals surface area (Å²) in [6, 6.07) is 13.0. The van der Waals surface area contributed by atoms with Gasteiger partial charge in [0.25, 0.3) is 5.91 Å². The van der Waals surface area contributed by atoms with Gasteiger partial charge in [0.2, 0.25) is 6.10 Å². The quantitative estimate of drug-likeness (QED) is 0.880. The molecule has 2 aromatic rings. The van der Waals surface area contributed by atoms with Crippen molar-refractivity contribution in [2.75, 3.05) is 29.9 Å². The largest absolute Gasteiger partial charge is 0.485 e. The standard InChI is InChI=1S/C20H21ClN2O3/c21-14-8-9-16(23-10-4-1-5-11-23)15(12-14)22-20(24)19-13-25-17-6-2-3-7-18(17)26-19/h2-3,6-9,12,19H,1,4-5,10-11,13H2,(H,22,24)/t19-/m1/s1. The molecule has 0 aromatic heterocycles. The Labute approximate surface area is 157 Å². The average molecular weight is 373 g/mol. The molecule has 0 radical (unpaired) electrons. The van der Waals surface area contributed by atoms with E-state index in [0.29, 0.717) is 22.2 Å². The lowest BCUT2D eigenvalue weighted by molar-refractivity contribution is -0.125. The van der Waals surface area contributed by atoms with Gasteiger partial charge in [0, 0.05) is 18.1 Å². The van der Waals surface area contributed by atoms with Crippen molar-refractivity contribution in [2.24, 2.45) is 0 Å². The molecule has 1 saturated heterocycles. The highest BCUT2D eigenvalue weighted by atomic mass is 35.5. The molecule has 0 saturated carbocycles. The van der Waals surface area contributed by atoms with Crippen LogP contribution >= 0.6 is 11.6 Å². The summed E-state index contributed by atoms with van der Waals surface area (Å²) in [6.07, 6.45) is 2.87. The molecule has 0 bridgehead atoms. The van der Waals surface area contributed by atoms with Gasteiger partial charge >= 0.3 is 0 Å². The Balaban J connectivity index is 1.52. The van der Waals surface area contributed by atoms with Crippen LogP contribution < -0.4 is 19.7 Å². The molecule has 2 aliphatic heterocycles. The second-order valence-corrected chi connectivity index (χ2v) is 7.00. The van der Waals surface area contributed by atoms with E-state index < -0.39 is 6.10 Å². The Morgan fingerprint density at radius 1 is 1.08 bits per heavy atom. The Kier molecular flexibility index (Phi) is 4.89. The van der Waals surface area contributed by atoms with Crippen LogP contribution in [0.25, 0.3) is 0 Å². The van der Waals surface area contributed by atoms with E-state index in [1.165, 1.54) is 6.42 Å². The predicted molar refractivity (Wildman–Crippen MR) is 102 cm³/mol. The number of hydrogen-bond acceptors (Lipinski definition) is 4. The monoisotopic (exact) mass is 372 g/mol. The van der Waals surface area contributed by atoms with Crippen LogP contribution in [0, 0.1) is 0 Å². The average Bonchev–Trinajstić information content (AvgIpc) is 2.68. The molecule has 2 aromatic carbocycles. The van der Waals surface area contributed by atoms with Crippen molar-refractivity contribution in [3.63, 3.8) is 0 Å². The molecular weight excluding hydrogens is 352 g/mol. The summed E-state index contributed by atoms with van der Waals surface area (Å²) < 4.78 is 11.4. The van der Waals surface area contributed by atoms with Crippen molar-refractivity contribution in [1.82, 2.24) is 0 Å². The first kappa shape index (κ1) is 17.0. The number of para-hydroxylation sites is 2. The molecule has 0 unspecified atom stereocenters. The van der Waals surface area contributed by atoms with Gasteiger partial charge in [-0.3, -0.25) is 4.79 Å². The van der Waals surface area contributed by atoms with E-state index in [0.717, 1.165) is 31.6 Å². The molecule has 2 heterocycles. The molecule has 136 valence electrons. The number of amides is 1. The van der Waals surface area contributed by atoms with E-state index in [9.17, 15) is 4.79 Å². The molecule has 5 nitrogen and oxygen atoms in total. The van der Waals surface area contributed by atoms with Gasteiger partial charge in [-0.05, 0) is 49.6 Å². The highest BCUT2D eigenvalue weighted by Gasteiger charge is 2.28. The topological polar surface area (TPSA) is 50.8 Å². The molecule has 2 aliphatic rings. The van der Waals surface area contributed by atoms with E-state index in [1.807, 2.05) is 30.3 Å². The fourth-order valence-corrected chi connectivity index (χ4v) is 3.55. The second-order valence-electron chi connectivity index (χ2n) is 6.56. The fraction of sp³-hybridized carbons (Fsp3) is 0.350. The van der Waals surface area contributed by atoms with Crippen molar-refractivity contribution in [1.29, 1.82) is 0 Å². The van der Waals surface area contributed by atoms with E-state index in [-0.39, 0.29) is 12.5 Å². The molecule has 1 fully saturated rings. The van der Waals surface area contributed by atoms with Crippen molar-refractivity contribution >= 4 is 28.9 Å². The van der Waals surface area contributed by atoms with Crippen molar-refractivity contribution in [2.45, 2.75) is 25.4 Å². The molecule has 1 atom stereocenters. The first-order valence-corrected chi connectivity index (χ1v) is 9.32. The molecule has 6 heteroatoms. The summed E-state index contributed by atoms with van der Waals surface area (Å²) in [5.41, 5.74) is 1.71. The second kappa shape index (κ2) is 7.46. The smallest absolute Gasteiger partial charge is 0.269 e. The Morgan fingerprint density at radius 2 is 1.85 bits per heavy atom. The number of anilines is 2. The zero-order valence-corrected chi connectivity index (χ0v) is 15.2. The number of carbonyl (C=O) groups excluding carboxylic acids is 1. The number of piperidine rings is 1. The van der Waals surface area contributed by atoms with Crippen LogP contribution in [0.4, 0.5) is 11.4 Å². The highest BCUT2D eigenvalue weighted by molar-refractivity contribution is 6.31. The minimum absolute atomic E-state index is 0.183. The number of hydrogen-bond donors (Lipinski definition) is 1. The maximum absolute atomic E-state index is 12.7. The zero-order valence-electron chi connectivity index (χ0n) is 14.4. The number of benzene rings is 2. The molecule has 4 rings (SSSR count). The van der Waals surface area contributed by atoms with Crippen molar-refractivity contribution in [3.8, 4) is 11.5 Å². The van der Waals surface area contributed by atoms with Gasteiger partial charge in [0.1, 0.15) is 6.61 Å². The summed E-state index contributed by atoms with van der Waals surface area (Å²) in [5, 5.41) is 3.57. The van der Waals surface area contributed by atoms with E-state index in [1.54, 1.807) is 12.1 Å². The first-order chi connectivity index (χ1) is 12.7. The molecule has 26 heavy (non-hydrogen) atoms. The van der Waals surface area contributed by atoms with E-state index in [2.05, 4.69) is 10.2 Å². The summed E-state index contributed by atoms with van der Waals surface area (Å²) in [4.78, 5) is 15.0. The number of ether oxygens (including phenoxy) is 2. The molecule has 0 aliphatic carbocycles. The lowest BCUT2D eigenvalue weighted by Crippen LogP contribution is -2.40. The van der Waals surface area contributed by atoms with Crippen LogP contribution in [0.15, 0.2) is 42.5 Å². The van der Waals surface area contributed by atoms with Crippen molar-refractivity contribution < 1.29 is 14.3 Å². The van der Waals surface area contributed by atoms with E-state index in [4.69, 9.17) is 21.1 Å². The van der Waals surface area contributed by atoms with Crippen molar-refractivity contribution in [3.05, 3.63) is 47.5 Å². The van der Waals surface area contributed by atoms with Gasteiger partial charge in [0.15, 0.2) is 11.5 Å². The summed E-state index contributed by atoms with van der Waals surface area (Å²) in [7, 11) is 0. The Bertz CT molecular complexity index is 805. The predicted octanol–water partition coefficient (Wildman–Crippen LogP) is 4.11. The van der Waals surface area contributed by atoms with Crippen LogP contribution in [-0.4, -0.2) is 31.7 Å². The normalized spacial score (nSPS) is 19.1. The van der Waals surface area contributed by atoms with Gasteiger partial charge < -0.3 is 19.7 Å². The number of carbonyl (C=O) groups is 1. The lowest BCUT2D eigenvalue weighted by atomic mass is 10.1. The number of nitrogens with zero attached hydrogens (tertiary/aromatic N) is 1. The summed E-state index contributed by atoms with van der Waals surface area (Å²) in [6.45, 7) is 2.16. The molecule has 0 spiro atoms. The number of halogens is 1. The van der Waals surface area contributed by atoms with E-state index >= 15 is 0 Å². The molecule has 1 N–H and O–H groups in total. The van der Waals surface area contributed by atoms with Crippen LogP contribution in [0.3, 0.4) is 0 Å². The first-order valence-electron chi connectivity index (χ1n) is 8.94. The lowest BCUT2D eigenvalue weighted by Gasteiger charge is -2.31. The van der Waals surface area contributed by atoms with Crippen LogP contribution in [0.2, 0.25) is 5.02 Å². The van der Waals surface area contributed by atoms with Gasteiger partial charge in [-0.15, -0.1) is 0 Å². The molecule has 1 amide bonds. The highest BCUT2D eigenvalue weighted by Crippen LogP contribution is 2.33.